The van der Waals surface area contributed by atoms with E-state index < -0.39 is 6.10 Å². The van der Waals surface area contributed by atoms with Crippen LogP contribution < -0.4 is 10.1 Å². The third-order valence-electron chi connectivity index (χ3n) is 5.11. The smallest absolute Gasteiger partial charge is 0.119 e. The molecule has 4 rings (SSSR count). The molecular formula is C22H28N4O2. The lowest BCUT2D eigenvalue weighted by molar-refractivity contribution is 0.122. The number of fused-ring (bicyclic) bond motifs is 1. The Morgan fingerprint density at radius 1 is 1.32 bits per heavy atom. The van der Waals surface area contributed by atoms with Crippen LogP contribution in [-0.4, -0.2) is 52.0 Å². The molecule has 1 aliphatic rings. The number of piperidine rings is 1. The van der Waals surface area contributed by atoms with Gasteiger partial charge in [0.1, 0.15) is 12.4 Å². The fourth-order valence-electron chi connectivity index (χ4n) is 3.79. The molecule has 1 aliphatic heterocycles. The first-order chi connectivity index (χ1) is 13.7. The van der Waals surface area contributed by atoms with Crippen LogP contribution in [0.5, 0.6) is 5.75 Å². The van der Waals surface area contributed by atoms with E-state index in [1.807, 2.05) is 18.3 Å². The number of hydrogen-bond donors (Lipinski definition) is 3. The van der Waals surface area contributed by atoms with Crippen LogP contribution in [0.4, 0.5) is 5.69 Å². The van der Waals surface area contributed by atoms with E-state index in [2.05, 4.69) is 50.7 Å². The van der Waals surface area contributed by atoms with Gasteiger partial charge in [-0.2, -0.15) is 5.10 Å². The summed E-state index contributed by atoms with van der Waals surface area (Å²) in [5, 5.41) is 21.3. The van der Waals surface area contributed by atoms with Crippen molar-refractivity contribution in [3.05, 3.63) is 54.2 Å². The molecule has 2 heterocycles. The summed E-state index contributed by atoms with van der Waals surface area (Å²) in [6.07, 6.45) is 3.76. The number of aliphatic hydroxyl groups excluding tert-OH is 1. The number of ether oxygens (including phenoxy) is 1. The number of likely N-dealkylation sites (tertiary alicyclic amines) is 1. The number of benzene rings is 2. The van der Waals surface area contributed by atoms with Gasteiger partial charge in [0.2, 0.25) is 0 Å². The topological polar surface area (TPSA) is 73.4 Å². The van der Waals surface area contributed by atoms with Gasteiger partial charge in [-0.1, -0.05) is 12.1 Å². The third kappa shape index (κ3) is 4.82. The lowest BCUT2D eigenvalue weighted by Crippen LogP contribution is -2.41. The van der Waals surface area contributed by atoms with Crippen molar-refractivity contribution in [3.63, 3.8) is 0 Å². The van der Waals surface area contributed by atoms with E-state index in [9.17, 15) is 5.11 Å². The van der Waals surface area contributed by atoms with E-state index in [0.29, 0.717) is 12.6 Å². The summed E-state index contributed by atoms with van der Waals surface area (Å²) in [4.78, 5) is 2.49. The second kappa shape index (κ2) is 8.63. The lowest BCUT2D eigenvalue weighted by atomic mass is 10.0. The maximum atomic E-state index is 9.40. The van der Waals surface area contributed by atoms with Gasteiger partial charge in [0.25, 0.3) is 0 Å². The average molecular weight is 380 g/mol. The van der Waals surface area contributed by atoms with Gasteiger partial charge >= 0.3 is 0 Å². The first-order valence-electron chi connectivity index (χ1n) is 9.97. The maximum absolute atomic E-state index is 9.40. The number of H-pyrrole nitrogens is 1. The van der Waals surface area contributed by atoms with Gasteiger partial charge in [-0.3, -0.25) is 10.00 Å². The van der Waals surface area contributed by atoms with Crippen LogP contribution in [0.1, 0.15) is 25.3 Å². The summed E-state index contributed by atoms with van der Waals surface area (Å²) in [6.45, 7) is 5.08. The van der Waals surface area contributed by atoms with E-state index in [1.165, 1.54) is 18.4 Å². The molecule has 0 spiro atoms. The van der Waals surface area contributed by atoms with Crippen LogP contribution in [0, 0.1) is 0 Å². The van der Waals surface area contributed by atoms with Gasteiger partial charge in [-0.15, -0.1) is 0 Å². The molecule has 1 aromatic heterocycles. The normalized spacial score (nSPS) is 18.9. The van der Waals surface area contributed by atoms with Crippen LogP contribution in [0.2, 0.25) is 0 Å². The fraction of sp³-hybridized carbons (Fsp3) is 0.409. The molecule has 0 aliphatic carbocycles. The highest BCUT2D eigenvalue weighted by Crippen LogP contribution is 2.22. The van der Waals surface area contributed by atoms with Gasteiger partial charge < -0.3 is 15.2 Å². The molecule has 6 heteroatoms. The highest BCUT2D eigenvalue weighted by Gasteiger charge is 2.20. The van der Waals surface area contributed by atoms with Gasteiger partial charge in [0.15, 0.2) is 0 Å². The maximum Gasteiger partial charge on any atom is 0.119 e. The van der Waals surface area contributed by atoms with Crippen molar-refractivity contribution in [1.29, 1.82) is 0 Å². The van der Waals surface area contributed by atoms with Crippen LogP contribution in [0.25, 0.3) is 10.9 Å². The van der Waals surface area contributed by atoms with E-state index in [-0.39, 0.29) is 0 Å². The molecule has 0 bridgehead atoms. The predicted molar refractivity (Wildman–Crippen MR) is 112 cm³/mol. The van der Waals surface area contributed by atoms with Gasteiger partial charge in [-0.05, 0) is 62.2 Å². The monoisotopic (exact) mass is 380 g/mol. The Morgan fingerprint density at radius 3 is 3.14 bits per heavy atom. The van der Waals surface area contributed by atoms with E-state index >= 15 is 0 Å². The van der Waals surface area contributed by atoms with Crippen LogP contribution in [0.15, 0.2) is 48.7 Å². The molecule has 0 radical (unpaired) electrons. The van der Waals surface area contributed by atoms with Crippen LogP contribution in [-0.2, 0) is 6.54 Å². The molecule has 2 aromatic carbocycles. The summed E-state index contributed by atoms with van der Waals surface area (Å²) >= 11 is 0. The number of nitrogens with zero attached hydrogens (tertiary/aromatic N) is 2. The number of hydrogen-bond acceptors (Lipinski definition) is 5. The van der Waals surface area contributed by atoms with E-state index in [4.69, 9.17) is 4.74 Å². The first kappa shape index (κ1) is 18.8. The molecule has 28 heavy (non-hydrogen) atoms. The largest absolute Gasteiger partial charge is 0.491 e. The Hall–Kier alpha value is -2.57. The zero-order chi connectivity index (χ0) is 19.3. The molecule has 1 fully saturated rings. The van der Waals surface area contributed by atoms with Crippen LogP contribution in [0.3, 0.4) is 0 Å². The quantitative estimate of drug-likeness (QED) is 0.586. The molecule has 2 atom stereocenters. The second-order valence-electron chi connectivity index (χ2n) is 7.70. The first-order valence-corrected chi connectivity index (χ1v) is 9.97. The Bertz CT molecular complexity index is 908. The highest BCUT2D eigenvalue weighted by molar-refractivity contribution is 5.81. The molecule has 148 valence electrons. The summed E-state index contributed by atoms with van der Waals surface area (Å²) in [7, 11) is 0. The second-order valence-corrected chi connectivity index (χ2v) is 7.70. The van der Waals surface area contributed by atoms with Crippen molar-refractivity contribution in [3.8, 4) is 5.75 Å². The molecular weight excluding hydrogens is 352 g/mol. The number of rotatable bonds is 7. The van der Waals surface area contributed by atoms with Crippen LogP contribution >= 0.6 is 0 Å². The predicted octanol–water partition coefficient (Wildman–Crippen LogP) is 3.40. The zero-order valence-electron chi connectivity index (χ0n) is 16.3. The molecule has 0 saturated carbocycles. The number of aliphatic hydroxyl groups is 1. The Kier molecular flexibility index (Phi) is 5.78. The molecule has 6 nitrogen and oxygen atoms in total. The SMILES string of the molecule is C[C@@H](O)COc1cccc(CN2CCCC(Nc3ccc4[nH]ncc4c3)C2)c1. The van der Waals surface area contributed by atoms with E-state index in [0.717, 1.165) is 42.0 Å². The fourth-order valence-corrected chi connectivity index (χ4v) is 3.79. The Morgan fingerprint density at radius 2 is 2.25 bits per heavy atom. The highest BCUT2D eigenvalue weighted by atomic mass is 16.5. The van der Waals surface area contributed by atoms with Gasteiger partial charge in [0, 0.05) is 30.2 Å². The Balaban J connectivity index is 1.35. The van der Waals surface area contributed by atoms with Gasteiger partial charge in [-0.25, -0.2) is 0 Å². The molecule has 1 saturated heterocycles. The summed E-state index contributed by atoms with van der Waals surface area (Å²) in [5.74, 6) is 0.818. The Labute approximate surface area is 165 Å². The van der Waals surface area contributed by atoms with Crippen molar-refractivity contribution in [1.82, 2.24) is 15.1 Å². The minimum atomic E-state index is -0.459. The zero-order valence-corrected chi connectivity index (χ0v) is 16.3. The minimum Gasteiger partial charge on any atom is -0.491 e. The lowest BCUT2D eigenvalue weighted by Gasteiger charge is -2.33. The minimum absolute atomic E-state index is 0.320. The number of anilines is 1. The number of nitrogens with one attached hydrogen (secondary N) is 2. The third-order valence-corrected chi connectivity index (χ3v) is 5.11. The number of aromatic amines is 1. The standard InChI is InChI=1S/C22H28N4O2/c1-16(27)15-28-21-6-2-4-17(10-21)13-26-9-3-5-20(14-26)24-19-7-8-22-18(11-19)12-23-25-22/h2,4,6-8,10-12,16,20,24,27H,3,5,9,13-15H2,1H3,(H,23,25)/t16-,20?/m1/s1. The summed E-state index contributed by atoms with van der Waals surface area (Å²) in [6, 6.07) is 15.0. The van der Waals surface area contributed by atoms with Crippen molar-refractivity contribution in [2.75, 3.05) is 25.0 Å². The van der Waals surface area contributed by atoms with Gasteiger partial charge in [0.05, 0.1) is 17.8 Å². The molecule has 1 unspecified atom stereocenters. The average Bonchev–Trinajstić information content (AvgIpc) is 3.15. The van der Waals surface area contributed by atoms with E-state index in [1.54, 1.807) is 6.92 Å². The summed E-state index contributed by atoms with van der Waals surface area (Å²) < 4.78 is 5.64. The molecule has 3 aromatic rings. The number of aromatic nitrogens is 2. The molecule has 0 amide bonds. The van der Waals surface area contributed by atoms with Crippen molar-refractivity contribution in [2.24, 2.45) is 0 Å². The van der Waals surface area contributed by atoms with Crippen molar-refractivity contribution >= 4 is 16.6 Å². The molecule has 3 N–H and O–H groups in total. The summed E-state index contributed by atoms with van der Waals surface area (Å²) in [5.41, 5.74) is 3.45. The van der Waals surface area contributed by atoms with Crippen molar-refractivity contribution in [2.45, 2.75) is 38.5 Å². The van der Waals surface area contributed by atoms with Crippen molar-refractivity contribution < 1.29 is 9.84 Å².